The van der Waals surface area contributed by atoms with Crippen molar-refractivity contribution < 1.29 is 4.79 Å². The van der Waals surface area contributed by atoms with E-state index >= 15 is 0 Å². The summed E-state index contributed by atoms with van der Waals surface area (Å²) in [6.45, 7) is 12.1. The van der Waals surface area contributed by atoms with E-state index in [1.807, 2.05) is 45.9 Å². The number of hydrogen-bond donors (Lipinski definition) is 1. The zero-order valence-corrected chi connectivity index (χ0v) is 11.0. The van der Waals surface area contributed by atoms with Crippen LogP contribution in [0.3, 0.4) is 0 Å². The zero-order valence-electron chi connectivity index (χ0n) is 11.0. The quantitative estimate of drug-likeness (QED) is 0.685. The lowest BCUT2D eigenvalue weighted by Gasteiger charge is -2.04. The fourth-order valence-electron chi connectivity index (χ4n) is 0.965. The molecule has 0 radical (unpaired) electrons. The minimum absolute atomic E-state index is 0.110. The number of carbonyl (C=O) groups excluding carboxylic acids is 1. The Morgan fingerprint density at radius 1 is 1.38 bits per heavy atom. The molecule has 92 valence electrons. The average Bonchev–Trinajstić information content (AvgIpc) is 2.32. The van der Waals surface area contributed by atoms with Gasteiger partial charge in [-0.3, -0.25) is 4.79 Å². The van der Waals surface area contributed by atoms with Crippen molar-refractivity contribution in [1.82, 2.24) is 5.32 Å². The van der Waals surface area contributed by atoms with E-state index < -0.39 is 0 Å². The molecule has 2 heteroatoms. The summed E-state index contributed by atoms with van der Waals surface area (Å²) in [7, 11) is 0. The topological polar surface area (TPSA) is 29.1 Å². The maximum Gasteiger partial charge on any atom is 0.220 e. The summed E-state index contributed by atoms with van der Waals surface area (Å²) in [5.74, 6) is 0.110. The molecule has 0 aromatic heterocycles. The van der Waals surface area contributed by atoms with E-state index in [1.54, 1.807) is 6.08 Å². The number of rotatable bonds is 6. The van der Waals surface area contributed by atoms with Gasteiger partial charge in [-0.2, -0.15) is 0 Å². The molecule has 0 spiro atoms. The summed E-state index contributed by atoms with van der Waals surface area (Å²) in [6, 6.07) is 0. The third-order valence-corrected chi connectivity index (χ3v) is 1.78. The van der Waals surface area contributed by atoms with Gasteiger partial charge in [0.15, 0.2) is 0 Å². The van der Waals surface area contributed by atoms with E-state index in [-0.39, 0.29) is 5.91 Å². The molecule has 0 aromatic carbocycles. The van der Waals surface area contributed by atoms with Crippen molar-refractivity contribution in [3.8, 4) is 0 Å². The Morgan fingerprint density at radius 2 is 2.00 bits per heavy atom. The molecule has 0 unspecified atom stereocenters. The smallest absolute Gasteiger partial charge is 0.220 e. The SMILES string of the molecule is C=C/C=C\C(=C/C)CNC(=O)CCC.CC. The lowest BCUT2D eigenvalue weighted by molar-refractivity contribution is -0.120. The molecule has 0 atom stereocenters. The molecule has 0 aliphatic rings. The van der Waals surface area contributed by atoms with Crippen molar-refractivity contribution in [2.45, 2.75) is 40.5 Å². The Labute approximate surface area is 100 Å². The predicted molar refractivity (Wildman–Crippen MR) is 72.4 cm³/mol. The molecule has 0 aliphatic heterocycles. The Balaban J connectivity index is 0. The second-order valence-corrected chi connectivity index (χ2v) is 2.99. The van der Waals surface area contributed by atoms with E-state index in [4.69, 9.17) is 0 Å². The average molecular weight is 223 g/mol. The summed E-state index contributed by atoms with van der Waals surface area (Å²) >= 11 is 0. The van der Waals surface area contributed by atoms with E-state index in [2.05, 4.69) is 11.9 Å². The van der Waals surface area contributed by atoms with E-state index in [0.717, 1.165) is 12.0 Å². The van der Waals surface area contributed by atoms with Crippen molar-refractivity contribution in [3.63, 3.8) is 0 Å². The van der Waals surface area contributed by atoms with Crippen molar-refractivity contribution in [2.24, 2.45) is 0 Å². The van der Waals surface area contributed by atoms with Gasteiger partial charge in [0.05, 0.1) is 0 Å². The van der Waals surface area contributed by atoms with Crippen LogP contribution in [0.2, 0.25) is 0 Å². The first-order chi connectivity index (χ1) is 7.74. The largest absolute Gasteiger partial charge is 0.352 e. The summed E-state index contributed by atoms with van der Waals surface area (Å²) < 4.78 is 0. The molecule has 0 fully saturated rings. The monoisotopic (exact) mass is 223 g/mol. The van der Waals surface area contributed by atoms with Gasteiger partial charge in [0.1, 0.15) is 0 Å². The van der Waals surface area contributed by atoms with Crippen molar-refractivity contribution in [2.75, 3.05) is 6.54 Å². The molecule has 0 bridgehead atoms. The number of hydrogen-bond acceptors (Lipinski definition) is 1. The Morgan fingerprint density at radius 3 is 2.44 bits per heavy atom. The van der Waals surface area contributed by atoms with Crippen LogP contribution in [0.4, 0.5) is 0 Å². The Hall–Kier alpha value is -1.31. The number of nitrogens with one attached hydrogen (secondary N) is 1. The highest BCUT2D eigenvalue weighted by Gasteiger charge is 1.98. The van der Waals surface area contributed by atoms with Gasteiger partial charge in [-0.25, -0.2) is 0 Å². The fourth-order valence-corrected chi connectivity index (χ4v) is 0.965. The maximum atomic E-state index is 11.2. The fraction of sp³-hybridized carbons (Fsp3) is 0.500. The third kappa shape index (κ3) is 10.8. The highest BCUT2D eigenvalue weighted by Crippen LogP contribution is 1.96. The second-order valence-electron chi connectivity index (χ2n) is 2.99. The molecule has 1 amide bonds. The highest BCUT2D eigenvalue weighted by atomic mass is 16.1. The first-order valence-electron chi connectivity index (χ1n) is 5.95. The molecule has 0 rings (SSSR count). The molecular weight excluding hydrogens is 198 g/mol. The second kappa shape index (κ2) is 13.7. The van der Waals surface area contributed by atoms with Crippen LogP contribution in [0.5, 0.6) is 0 Å². The van der Waals surface area contributed by atoms with Crippen LogP contribution in [0.1, 0.15) is 40.5 Å². The molecule has 0 aromatic rings. The molecule has 0 aliphatic carbocycles. The van der Waals surface area contributed by atoms with Gasteiger partial charge in [-0.05, 0) is 18.9 Å². The molecule has 0 saturated heterocycles. The number of carbonyl (C=O) groups is 1. The van der Waals surface area contributed by atoms with Gasteiger partial charge in [0.25, 0.3) is 0 Å². The zero-order chi connectivity index (χ0) is 12.8. The molecule has 0 heterocycles. The summed E-state index contributed by atoms with van der Waals surface area (Å²) in [5.41, 5.74) is 1.09. The molecule has 1 N–H and O–H groups in total. The van der Waals surface area contributed by atoms with E-state index in [0.29, 0.717) is 13.0 Å². The standard InChI is InChI=1S/C12H19NO.C2H6/c1-4-7-9-11(6-3)10-13-12(14)8-5-2;1-2/h4,6-7,9H,1,5,8,10H2,2-3H3,(H,13,14);1-2H3/b9-7-,11-6+;. The van der Waals surface area contributed by atoms with Crippen LogP contribution in [0.25, 0.3) is 0 Å². The van der Waals surface area contributed by atoms with Gasteiger partial charge in [0.2, 0.25) is 5.91 Å². The Kier molecular flexibility index (Phi) is 14.6. The summed E-state index contributed by atoms with van der Waals surface area (Å²) in [4.78, 5) is 11.2. The minimum atomic E-state index is 0.110. The van der Waals surface area contributed by atoms with Gasteiger partial charge < -0.3 is 5.32 Å². The molecule has 0 saturated carbocycles. The molecule has 2 nitrogen and oxygen atoms in total. The lowest BCUT2D eigenvalue weighted by atomic mass is 10.2. The van der Waals surface area contributed by atoms with Crippen molar-refractivity contribution >= 4 is 5.91 Å². The van der Waals surface area contributed by atoms with Crippen LogP contribution in [0.15, 0.2) is 36.5 Å². The predicted octanol–water partition coefficient (Wildman–Crippen LogP) is 3.62. The lowest BCUT2D eigenvalue weighted by Crippen LogP contribution is -2.24. The molecule has 16 heavy (non-hydrogen) atoms. The van der Waals surface area contributed by atoms with Gasteiger partial charge in [-0.1, -0.05) is 51.7 Å². The van der Waals surface area contributed by atoms with E-state index in [9.17, 15) is 4.79 Å². The van der Waals surface area contributed by atoms with E-state index in [1.165, 1.54) is 0 Å². The highest BCUT2D eigenvalue weighted by molar-refractivity contribution is 5.76. The van der Waals surface area contributed by atoms with Crippen LogP contribution >= 0.6 is 0 Å². The third-order valence-electron chi connectivity index (χ3n) is 1.78. The normalized spacial score (nSPS) is 10.6. The summed E-state index contributed by atoms with van der Waals surface area (Å²) in [5, 5.41) is 2.85. The maximum absolute atomic E-state index is 11.2. The van der Waals surface area contributed by atoms with Gasteiger partial charge in [0, 0.05) is 13.0 Å². The van der Waals surface area contributed by atoms with Crippen molar-refractivity contribution in [3.05, 3.63) is 36.5 Å². The first kappa shape index (κ1) is 17.1. The minimum Gasteiger partial charge on any atom is -0.352 e. The van der Waals surface area contributed by atoms with Gasteiger partial charge >= 0.3 is 0 Å². The van der Waals surface area contributed by atoms with Crippen LogP contribution in [-0.2, 0) is 4.79 Å². The Bertz CT molecular complexity index is 239. The van der Waals surface area contributed by atoms with Crippen molar-refractivity contribution in [1.29, 1.82) is 0 Å². The molecular formula is C14H25NO. The number of allylic oxidation sites excluding steroid dienone is 3. The van der Waals surface area contributed by atoms with Crippen LogP contribution < -0.4 is 5.32 Å². The summed E-state index contributed by atoms with van der Waals surface area (Å²) in [6.07, 6.45) is 8.99. The first-order valence-corrected chi connectivity index (χ1v) is 5.95. The van der Waals surface area contributed by atoms with Crippen LogP contribution in [0, 0.1) is 0 Å². The number of amides is 1. The van der Waals surface area contributed by atoms with Gasteiger partial charge in [-0.15, -0.1) is 0 Å². The van der Waals surface area contributed by atoms with Crippen LogP contribution in [-0.4, -0.2) is 12.5 Å².